The Hall–Kier alpha value is -2.12. The van der Waals surface area contributed by atoms with Crippen LogP contribution in [0.4, 0.5) is 13.2 Å². The highest BCUT2D eigenvalue weighted by Gasteiger charge is 2.30. The lowest BCUT2D eigenvalue weighted by atomic mass is 10.1. The summed E-state index contributed by atoms with van der Waals surface area (Å²) in [5.74, 6) is -1.10. The quantitative estimate of drug-likeness (QED) is 0.771. The number of aromatic nitrogens is 1. The van der Waals surface area contributed by atoms with Crippen LogP contribution in [-0.4, -0.2) is 22.6 Å². The Kier molecular flexibility index (Phi) is 5.80. The molecule has 8 heteroatoms. The molecule has 24 heavy (non-hydrogen) atoms. The van der Waals surface area contributed by atoms with Crippen molar-refractivity contribution in [2.45, 2.75) is 19.1 Å². The Balaban J connectivity index is 1.85. The van der Waals surface area contributed by atoms with Crippen molar-refractivity contribution in [3.05, 3.63) is 63.9 Å². The number of benzene rings is 1. The molecule has 0 aliphatic carbocycles. The molecule has 0 aliphatic rings. The second-order valence-corrected chi connectivity index (χ2v) is 5.49. The van der Waals surface area contributed by atoms with Crippen LogP contribution in [0, 0.1) is 0 Å². The number of alkyl halides is 3. The number of pyridine rings is 1. The Morgan fingerprint density at radius 2 is 2.00 bits per heavy atom. The molecule has 0 spiro atoms. The van der Waals surface area contributed by atoms with Crippen LogP contribution in [0.3, 0.4) is 0 Å². The van der Waals surface area contributed by atoms with E-state index in [1.807, 2.05) is 0 Å². The number of nitrogens with one attached hydrogen (secondary N) is 1. The molecule has 0 radical (unpaired) electrons. The number of halogens is 4. The van der Waals surface area contributed by atoms with E-state index in [2.05, 4.69) is 10.3 Å². The van der Waals surface area contributed by atoms with Gasteiger partial charge in [0, 0.05) is 31.4 Å². The summed E-state index contributed by atoms with van der Waals surface area (Å²) in [5.41, 5.74) is 0.539. The summed E-state index contributed by atoms with van der Waals surface area (Å²) in [4.78, 5) is 14.8. The van der Waals surface area contributed by atoms with Crippen molar-refractivity contribution in [2.75, 3.05) is 6.54 Å². The van der Waals surface area contributed by atoms with Gasteiger partial charge in [-0.3, -0.25) is 4.98 Å². The summed E-state index contributed by atoms with van der Waals surface area (Å²) >= 11 is 5.79. The van der Waals surface area contributed by atoms with Crippen molar-refractivity contribution in [3.8, 4) is 0 Å². The highest BCUT2D eigenvalue weighted by atomic mass is 35.5. The lowest BCUT2D eigenvalue weighted by Crippen LogP contribution is -2.17. The van der Waals surface area contributed by atoms with Gasteiger partial charge in [0.15, 0.2) is 0 Å². The molecule has 1 aromatic heterocycles. The second-order valence-electron chi connectivity index (χ2n) is 5.08. The minimum Gasteiger partial charge on any atom is -0.478 e. The molecule has 4 nitrogen and oxygen atoms in total. The predicted molar refractivity (Wildman–Crippen MR) is 83.1 cm³/mol. The van der Waals surface area contributed by atoms with Gasteiger partial charge in [0.05, 0.1) is 16.1 Å². The summed E-state index contributed by atoms with van der Waals surface area (Å²) in [7, 11) is 0. The molecule has 2 N–H and O–H groups in total. The number of hydrogen-bond donors (Lipinski definition) is 2. The van der Waals surface area contributed by atoms with E-state index in [-0.39, 0.29) is 10.6 Å². The van der Waals surface area contributed by atoms with Crippen molar-refractivity contribution in [1.29, 1.82) is 0 Å². The summed E-state index contributed by atoms with van der Waals surface area (Å²) in [6.07, 6.45) is -3.12. The molecule has 1 heterocycles. The van der Waals surface area contributed by atoms with Crippen LogP contribution in [0.25, 0.3) is 0 Å². The SMILES string of the molecule is O=C(O)c1cc(CNCCc2ccc(C(F)(F)F)cn2)ccc1Cl. The minimum atomic E-state index is -4.39. The first-order valence-electron chi connectivity index (χ1n) is 7.02. The van der Waals surface area contributed by atoms with Gasteiger partial charge >= 0.3 is 12.1 Å². The maximum absolute atomic E-state index is 12.4. The molecule has 2 aromatic rings. The topological polar surface area (TPSA) is 62.2 Å². The van der Waals surface area contributed by atoms with Gasteiger partial charge in [-0.25, -0.2) is 4.79 Å². The van der Waals surface area contributed by atoms with Crippen molar-refractivity contribution < 1.29 is 23.1 Å². The van der Waals surface area contributed by atoms with Gasteiger partial charge in [-0.05, 0) is 29.8 Å². The number of aromatic carboxylic acids is 1. The molecule has 0 saturated heterocycles. The minimum absolute atomic E-state index is 0.0281. The molecule has 0 atom stereocenters. The fourth-order valence-corrected chi connectivity index (χ4v) is 2.23. The second kappa shape index (κ2) is 7.63. The van der Waals surface area contributed by atoms with E-state index in [4.69, 9.17) is 16.7 Å². The number of carboxylic acid groups (broad SMARTS) is 1. The third-order valence-electron chi connectivity index (χ3n) is 3.30. The zero-order chi connectivity index (χ0) is 17.7. The van der Waals surface area contributed by atoms with Crippen molar-refractivity contribution in [2.24, 2.45) is 0 Å². The van der Waals surface area contributed by atoms with Gasteiger partial charge in [-0.15, -0.1) is 0 Å². The molecule has 0 bridgehead atoms. The van der Waals surface area contributed by atoms with Crippen LogP contribution in [0.1, 0.15) is 27.2 Å². The van der Waals surface area contributed by atoms with E-state index >= 15 is 0 Å². The summed E-state index contributed by atoms with van der Waals surface area (Å²) in [5, 5.41) is 12.2. The third-order valence-corrected chi connectivity index (χ3v) is 3.63. The Bertz CT molecular complexity index is 718. The molecule has 128 valence electrons. The number of rotatable bonds is 6. The van der Waals surface area contributed by atoms with Gasteiger partial charge in [0.2, 0.25) is 0 Å². The first kappa shape index (κ1) is 18.2. The van der Waals surface area contributed by atoms with Crippen molar-refractivity contribution in [3.63, 3.8) is 0 Å². The lowest BCUT2D eigenvalue weighted by Gasteiger charge is -2.08. The smallest absolute Gasteiger partial charge is 0.417 e. The average molecular weight is 359 g/mol. The Labute approximate surface area is 141 Å². The fourth-order valence-electron chi connectivity index (χ4n) is 2.04. The van der Waals surface area contributed by atoms with Crippen LogP contribution in [0.15, 0.2) is 36.5 Å². The molecule has 0 unspecified atom stereocenters. The highest BCUT2D eigenvalue weighted by Crippen LogP contribution is 2.28. The molecule has 0 fully saturated rings. The van der Waals surface area contributed by atoms with Crippen LogP contribution in [0.5, 0.6) is 0 Å². The van der Waals surface area contributed by atoms with Gasteiger partial charge in [-0.2, -0.15) is 13.2 Å². The van der Waals surface area contributed by atoms with Gasteiger partial charge in [-0.1, -0.05) is 17.7 Å². The summed E-state index contributed by atoms with van der Waals surface area (Å²) < 4.78 is 37.3. The molecular weight excluding hydrogens is 345 g/mol. The van der Waals surface area contributed by atoms with Crippen LogP contribution in [0.2, 0.25) is 5.02 Å². The average Bonchev–Trinajstić information content (AvgIpc) is 2.52. The molecule has 2 rings (SSSR count). The fraction of sp³-hybridized carbons (Fsp3) is 0.250. The summed E-state index contributed by atoms with van der Waals surface area (Å²) in [6.45, 7) is 0.904. The standard InChI is InChI=1S/C16H14ClF3N2O2/c17-14-4-1-10(7-13(14)15(23)24)8-21-6-5-12-3-2-11(9-22-12)16(18,19)20/h1-4,7,9,21H,5-6,8H2,(H,23,24). The van der Waals surface area contributed by atoms with E-state index in [0.717, 1.165) is 17.8 Å². The highest BCUT2D eigenvalue weighted by molar-refractivity contribution is 6.33. The molecule has 0 amide bonds. The normalized spacial score (nSPS) is 11.5. The third kappa shape index (κ3) is 4.94. The number of nitrogens with zero attached hydrogens (tertiary/aromatic N) is 1. The zero-order valence-corrected chi connectivity index (χ0v) is 13.2. The van der Waals surface area contributed by atoms with Crippen LogP contribution < -0.4 is 5.32 Å². The largest absolute Gasteiger partial charge is 0.478 e. The Morgan fingerprint density at radius 3 is 2.58 bits per heavy atom. The first-order chi connectivity index (χ1) is 11.3. The van der Waals surface area contributed by atoms with Crippen molar-refractivity contribution in [1.82, 2.24) is 10.3 Å². The monoisotopic (exact) mass is 358 g/mol. The first-order valence-corrected chi connectivity index (χ1v) is 7.40. The predicted octanol–water partition coefficient (Wildman–Crippen LogP) is 3.78. The van der Waals surface area contributed by atoms with E-state index in [9.17, 15) is 18.0 Å². The molecule has 0 aliphatic heterocycles. The maximum atomic E-state index is 12.4. The lowest BCUT2D eigenvalue weighted by molar-refractivity contribution is -0.137. The van der Waals surface area contributed by atoms with E-state index < -0.39 is 17.7 Å². The molecule has 1 aromatic carbocycles. The van der Waals surface area contributed by atoms with Gasteiger partial charge in [0.25, 0.3) is 0 Å². The Morgan fingerprint density at radius 1 is 1.25 bits per heavy atom. The van der Waals surface area contributed by atoms with Crippen LogP contribution >= 0.6 is 11.6 Å². The molecule has 0 saturated carbocycles. The molecular formula is C16H14ClF3N2O2. The van der Waals surface area contributed by atoms with Crippen molar-refractivity contribution >= 4 is 17.6 Å². The van der Waals surface area contributed by atoms with Crippen LogP contribution in [-0.2, 0) is 19.1 Å². The number of hydrogen-bond acceptors (Lipinski definition) is 3. The summed E-state index contributed by atoms with van der Waals surface area (Å²) in [6, 6.07) is 7.04. The number of carboxylic acids is 1. The maximum Gasteiger partial charge on any atom is 0.417 e. The van der Waals surface area contributed by atoms with E-state index in [1.54, 1.807) is 6.07 Å². The van der Waals surface area contributed by atoms with Gasteiger partial charge < -0.3 is 10.4 Å². The van der Waals surface area contributed by atoms with Gasteiger partial charge in [0.1, 0.15) is 0 Å². The van der Waals surface area contributed by atoms with E-state index in [1.165, 1.54) is 18.2 Å². The number of carbonyl (C=O) groups is 1. The van der Waals surface area contributed by atoms with E-state index in [0.29, 0.717) is 25.2 Å². The zero-order valence-electron chi connectivity index (χ0n) is 12.4.